The summed E-state index contributed by atoms with van der Waals surface area (Å²) >= 11 is 0. The Morgan fingerprint density at radius 2 is 1.80 bits per heavy atom. The molecular weight excluding hydrogens is 190 g/mol. The maximum Gasteiger partial charge on any atom is 0.250 e. The maximum absolute atomic E-state index is 11.7. The van der Waals surface area contributed by atoms with Gasteiger partial charge in [-0.2, -0.15) is 0 Å². The summed E-state index contributed by atoms with van der Waals surface area (Å²) in [5, 5.41) is 2.30. The van der Waals surface area contributed by atoms with Crippen molar-refractivity contribution in [1.82, 2.24) is 5.32 Å². The van der Waals surface area contributed by atoms with Crippen LogP contribution in [0.4, 0.5) is 0 Å². The van der Waals surface area contributed by atoms with Crippen molar-refractivity contribution in [3.63, 3.8) is 0 Å². The zero-order valence-electron chi connectivity index (χ0n) is 8.36. The number of carbonyl (C=O) groups is 2. The van der Waals surface area contributed by atoms with E-state index in [0.717, 1.165) is 5.56 Å². The highest BCUT2D eigenvalue weighted by molar-refractivity contribution is 6.09. The van der Waals surface area contributed by atoms with Gasteiger partial charge in [0.05, 0.1) is 5.41 Å². The maximum atomic E-state index is 11.7. The molecule has 0 fully saturated rings. The van der Waals surface area contributed by atoms with Gasteiger partial charge in [-0.15, -0.1) is 0 Å². The van der Waals surface area contributed by atoms with Crippen LogP contribution in [0.3, 0.4) is 0 Å². The molecule has 2 rings (SSSR count). The van der Waals surface area contributed by atoms with E-state index in [4.69, 9.17) is 0 Å². The Bertz CT molecular complexity index is 436. The van der Waals surface area contributed by atoms with Crippen molar-refractivity contribution in [2.24, 2.45) is 0 Å². The van der Waals surface area contributed by atoms with Gasteiger partial charge in [0.25, 0.3) is 0 Å². The fraction of sp³-hybridized carbons (Fsp3) is 0.167. The second-order valence-electron chi connectivity index (χ2n) is 3.72. The average Bonchev–Trinajstić information content (AvgIpc) is 2.25. The molecule has 0 aromatic heterocycles. The van der Waals surface area contributed by atoms with Crippen molar-refractivity contribution in [3.8, 4) is 0 Å². The molecule has 1 aromatic carbocycles. The molecule has 1 aliphatic heterocycles. The van der Waals surface area contributed by atoms with E-state index in [9.17, 15) is 9.59 Å². The number of imide groups is 1. The molecule has 1 atom stereocenters. The largest absolute Gasteiger partial charge is 0.292 e. The number of nitrogens with one attached hydrogen (secondary N) is 1. The molecule has 0 bridgehead atoms. The summed E-state index contributed by atoms with van der Waals surface area (Å²) in [4.78, 5) is 22.7. The molecule has 1 unspecified atom stereocenters. The van der Waals surface area contributed by atoms with E-state index in [1.807, 2.05) is 30.3 Å². The summed E-state index contributed by atoms with van der Waals surface area (Å²) in [7, 11) is 0. The molecule has 2 amide bonds. The average molecular weight is 201 g/mol. The Labute approximate surface area is 87.8 Å². The summed E-state index contributed by atoms with van der Waals surface area (Å²) in [5.74, 6) is -0.630. The normalized spacial score (nSPS) is 25.1. The van der Waals surface area contributed by atoms with Gasteiger partial charge in [0.2, 0.25) is 11.8 Å². The van der Waals surface area contributed by atoms with Crippen LogP contribution >= 0.6 is 0 Å². The molecule has 1 N–H and O–H groups in total. The van der Waals surface area contributed by atoms with Crippen molar-refractivity contribution in [2.45, 2.75) is 12.3 Å². The Morgan fingerprint density at radius 3 is 2.40 bits per heavy atom. The Balaban J connectivity index is 2.47. The Kier molecular flexibility index (Phi) is 2.15. The molecule has 0 saturated carbocycles. The topological polar surface area (TPSA) is 46.2 Å². The summed E-state index contributed by atoms with van der Waals surface area (Å²) in [6.45, 7) is 1.79. The van der Waals surface area contributed by atoms with Crippen LogP contribution in [0.5, 0.6) is 0 Å². The van der Waals surface area contributed by atoms with Crippen LogP contribution < -0.4 is 5.32 Å². The van der Waals surface area contributed by atoms with E-state index in [-0.39, 0.29) is 11.8 Å². The first kappa shape index (κ1) is 9.65. The van der Waals surface area contributed by atoms with E-state index in [1.54, 1.807) is 13.0 Å². The smallest absolute Gasteiger partial charge is 0.250 e. The molecular formula is C12H11NO2. The lowest BCUT2D eigenvalue weighted by atomic mass is 9.80. The number of amides is 2. The third-order valence-corrected chi connectivity index (χ3v) is 2.65. The molecule has 0 radical (unpaired) electrons. The van der Waals surface area contributed by atoms with Crippen LogP contribution in [0.25, 0.3) is 0 Å². The molecule has 0 saturated heterocycles. The molecule has 76 valence electrons. The second-order valence-corrected chi connectivity index (χ2v) is 3.72. The molecule has 3 heteroatoms. The highest BCUT2D eigenvalue weighted by atomic mass is 16.2. The minimum atomic E-state index is -0.741. The van der Waals surface area contributed by atoms with Crippen LogP contribution in [0, 0.1) is 0 Å². The van der Waals surface area contributed by atoms with E-state index in [2.05, 4.69) is 5.32 Å². The monoisotopic (exact) mass is 201 g/mol. The first-order chi connectivity index (χ1) is 7.13. The molecule has 15 heavy (non-hydrogen) atoms. The van der Waals surface area contributed by atoms with E-state index < -0.39 is 5.41 Å². The van der Waals surface area contributed by atoms with Crippen LogP contribution in [-0.4, -0.2) is 11.8 Å². The third kappa shape index (κ3) is 1.56. The standard InChI is InChI=1S/C12H11NO2/c1-12(9-5-3-2-4-6-9)8-7-10(14)13-11(12)15/h2-8H,1H3,(H,13,14,15). The third-order valence-electron chi connectivity index (χ3n) is 2.65. The van der Waals surface area contributed by atoms with Gasteiger partial charge in [0, 0.05) is 6.08 Å². The highest BCUT2D eigenvalue weighted by Crippen LogP contribution is 2.27. The van der Waals surface area contributed by atoms with Gasteiger partial charge < -0.3 is 0 Å². The quantitative estimate of drug-likeness (QED) is 0.693. The van der Waals surface area contributed by atoms with E-state index in [0.29, 0.717) is 0 Å². The molecule has 1 heterocycles. The van der Waals surface area contributed by atoms with Crippen LogP contribution in [0.15, 0.2) is 42.5 Å². The Hall–Kier alpha value is -1.90. The van der Waals surface area contributed by atoms with Crippen molar-refractivity contribution in [3.05, 3.63) is 48.0 Å². The number of carbonyl (C=O) groups excluding carboxylic acids is 2. The molecule has 0 aliphatic carbocycles. The number of benzene rings is 1. The minimum Gasteiger partial charge on any atom is -0.292 e. The van der Waals surface area contributed by atoms with Crippen molar-refractivity contribution >= 4 is 11.8 Å². The lowest BCUT2D eigenvalue weighted by molar-refractivity contribution is -0.131. The fourth-order valence-electron chi connectivity index (χ4n) is 1.61. The second kappa shape index (κ2) is 3.35. The van der Waals surface area contributed by atoms with E-state index >= 15 is 0 Å². The lowest BCUT2D eigenvalue weighted by Crippen LogP contribution is -2.46. The van der Waals surface area contributed by atoms with Gasteiger partial charge in [0.15, 0.2) is 0 Å². The number of hydrogen-bond donors (Lipinski definition) is 1. The van der Waals surface area contributed by atoms with E-state index in [1.165, 1.54) is 6.08 Å². The summed E-state index contributed by atoms with van der Waals surface area (Å²) in [6.07, 6.45) is 3.04. The summed E-state index contributed by atoms with van der Waals surface area (Å²) in [6, 6.07) is 9.39. The van der Waals surface area contributed by atoms with Crippen LogP contribution in [-0.2, 0) is 15.0 Å². The Morgan fingerprint density at radius 1 is 1.13 bits per heavy atom. The predicted octanol–water partition coefficient (Wildman–Crippen LogP) is 1.16. The zero-order chi connectivity index (χ0) is 10.9. The predicted molar refractivity (Wildman–Crippen MR) is 56.1 cm³/mol. The van der Waals surface area contributed by atoms with Crippen molar-refractivity contribution in [1.29, 1.82) is 0 Å². The van der Waals surface area contributed by atoms with Gasteiger partial charge in [-0.3, -0.25) is 14.9 Å². The van der Waals surface area contributed by atoms with Gasteiger partial charge in [0.1, 0.15) is 0 Å². The number of hydrogen-bond acceptors (Lipinski definition) is 2. The molecule has 3 nitrogen and oxygen atoms in total. The van der Waals surface area contributed by atoms with Crippen molar-refractivity contribution < 1.29 is 9.59 Å². The fourth-order valence-corrected chi connectivity index (χ4v) is 1.61. The molecule has 1 aliphatic rings. The van der Waals surface area contributed by atoms with Crippen LogP contribution in [0.2, 0.25) is 0 Å². The lowest BCUT2D eigenvalue weighted by Gasteiger charge is -2.27. The zero-order valence-corrected chi connectivity index (χ0v) is 8.36. The first-order valence-electron chi connectivity index (χ1n) is 4.73. The number of rotatable bonds is 1. The molecule has 1 aromatic rings. The van der Waals surface area contributed by atoms with Crippen LogP contribution in [0.1, 0.15) is 12.5 Å². The van der Waals surface area contributed by atoms with Gasteiger partial charge in [-0.25, -0.2) is 0 Å². The van der Waals surface area contributed by atoms with Gasteiger partial charge >= 0.3 is 0 Å². The summed E-state index contributed by atoms with van der Waals surface area (Å²) < 4.78 is 0. The first-order valence-corrected chi connectivity index (χ1v) is 4.73. The minimum absolute atomic E-state index is 0.277. The van der Waals surface area contributed by atoms with Crippen molar-refractivity contribution in [2.75, 3.05) is 0 Å². The SMILES string of the molecule is CC1(c2ccccc2)C=CC(=O)NC1=O. The summed E-state index contributed by atoms with van der Waals surface area (Å²) in [5.41, 5.74) is 0.140. The van der Waals surface area contributed by atoms with Gasteiger partial charge in [-0.05, 0) is 12.5 Å². The molecule has 0 spiro atoms. The van der Waals surface area contributed by atoms with Gasteiger partial charge in [-0.1, -0.05) is 36.4 Å². The highest BCUT2D eigenvalue weighted by Gasteiger charge is 2.35.